The second kappa shape index (κ2) is 8.17. The normalized spacial score (nSPS) is 20.0. The maximum atomic E-state index is 13.1. The van der Waals surface area contributed by atoms with Crippen LogP contribution in [0.4, 0.5) is 5.69 Å². The fraction of sp³-hybridized carbons (Fsp3) is 0.400. The molecule has 0 bridgehead atoms. The lowest BCUT2D eigenvalue weighted by Crippen LogP contribution is -2.42. The number of hydrogen-bond donors (Lipinski definition) is 1. The average molecular weight is 467 g/mol. The van der Waals surface area contributed by atoms with E-state index < -0.39 is 0 Å². The van der Waals surface area contributed by atoms with Gasteiger partial charge in [0.05, 0.1) is 19.2 Å². The lowest BCUT2D eigenvalue weighted by Gasteiger charge is -2.26. The van der Waals surface area contributed by atoms with Crippen molar-refractivity contribution < 1.29 is 14.4 Å². The molecule has 1 fully saturated rings. The number of benzene rings is 1. The van der Waals surface area contributed by atoms with E-state index in [0.717, 1.165) is 17.7 Å². The monoisotopic (exact) mass is 466 g/mol. The summed E-state index contributed by atoms with van der Waals surface area (Å²) in [4.78, 5) is 44.4. The minimum Gasteiger partial charge on any atom is -0.347 e. The van der Waals surface area contributed by atoms with Gasteiger partial charge in [-0.3, -0.25) is 14.4 Å². The third-order valence-corrected chi connectivity index (χ3v) is 6.96. The Morgan fingerprint density at radius 1 is 1.23 bits per heavy atom. The van der Waals surface area contributed by atoms with Gasteiger partial charge in [0.25, 0.3) is 0 Å². The van der Waals surface area contributed by atoms with Crippen LogP contribution in [-0.2, 0) is 26.2 Å². The van der Waals surface area contributed by atoms with Gasteiger partial charge < -0.3 is 15.1 Å². The number of fused-ring (bicyclic) bond motifs is 2. The van der Waals surface area contributed by atoms with Crippen molar-refractivity contribution in [2.75, 3.05) is 31.1 Å². The number of hydrogen-bond acceptors (Lipinski definition) is 5. The number of anilines is 1. The van der Waals surface area contributed by atoms with E-state index in [9.17, 15) is 14.4 Å². The van der Waals surface area contributed by atoms with E-state index in [1.807, 2.05) is 12.1 Å². The highest BCUT2D eigenvalue weighted by molar-refractivity contribution is 7.15. The van der Waals surface area contributed by atoms with Crippen LogP contribution < -0.4 is 10.2 Å². The van der Waals surface area contributed by atoms with Gasteiger partial charge in [-0.15, -0.1) is 11.3 Å². The molecule has 7 nitrogen and oxygen atoms in total. The van der Waals surface area contributed by atoms with Crippen molar-refractivity contribution in [2.24, 2.45) is 0 Å². The van der Waals surface area contributed by atoms with E-state index in [0.29, 0.717) is 34.0 Å². The van der Waals surface area contributed by atoms with E-state index >= 15 is 0 Å². The molecule has 158 valence electrons. The fourth-order valence-electron chi connectivity index (χ4n) is 4.20. The lowest BCUT2D eigenvalue weighted by molar-refractivity contribution is -0.131. The molecule has 1 aromatic carbocycles. The Morgan fingerprint density at radius 2 is 2.03 bits per heavy atom. The number of halogens is 2. The molecule has 1 saturated heterocycles. The van der Waals surface area contributed by atoms with Crippen LogP contribution in [0, 0.1) is 0 Å². The Labute approximate surface area is 188 Å². The molecule has 1 spiro atoms. The number of nitrogens with zero attached hydrogens (tertiary/aromatic N) is 3. The molecule has 10 heteroatoms. The third kappa shape index (κ3) is 4.04. The number of rotatable bonds is 4. The van der Waals surface area contributed by atoms with Gasteiger partial charge in [0, 0.05) is 42.7 Å². The first-order chi connectivity index (χ1) is 14.3. The predicted molar refractivity (Wildman–Crippen MR) is 116 cm³/mol. The molecule has 1 N–H and O–H groups in total. The number of nitrogens with one attached hydrogen (secondary N) is 1. The molecule has 30 heavy (non-hydrogen) atoms. The Kier molecular flexibility index (Phi) is 5.74. The summed E-state index contributed by atoms with van der Waals surface area (Å²) in [7, 11) is 0. The number of likely N-dealkylation sites (tertiary alicyclic amines) is 1. The minimum absolute atomic E-state index is 0.0265. The van der Waals surface area contributed by atoms with Crippen LogP contribution in [0.5, 0.6) is 0 Å². The zero-order chi connectivity index (χ0) is 21.5. The van der Waals surface area contributed by atoms with E-state index in [1.165, 1.54) is 18.3 Å². The van der Waals surface area contributed by atoms with Gasteiger partial charge in [-0.1, -0.05) is 23.2 Å². The number of aromatic nitrogens is 1. The van der Waals surface area contributed by atoms with Crippen molar-refractivity contribution in [1.82, 2.24) is 15.2 Å². The molecule has 0 aliphatic carbocycles. The van der Waals surface area contributed by atoms with Crippen LogP contribution in [0.2, 0.25) is 9.36 Å². The summed E-state index contributed by atoms with van der Waals surface area (Å²) in [5, 5.41) is 3.81. The number of thiazole rings is 1. The van der Waals surface area contributed by atoms with E-state index in [1.54, 1.807) is 22.1 Å². The highest BCUT2D eigenvalue weighted by atomic mass is 35.5. The topological polar surface area (TPSA) is 82.6 Å². The zero-order valence-electron chi connectivity index (χ0n) is 16.3. The van der Waals surface area contributed by atoms with Crippen LogP contribution in [0.15, 0.2) is 24.4 Å². The summed E-state index contributed by atoms with van der Waals surface area (Å²) < 4.78 is 0.548. The summed E-state index contributed by atoms with van der Waals surface area (Å²) in [6.07, 6.45) is 2.43. The Hall–Kier alpha value is -2.16. The minimum atomic E-state index is -0.373. The quantitative estimate of drug-likeness (QED) is 0.750. The SMILES string of the molecule is CC(=O)NCC(=O)N1CCC2(C1)CN(C(=O)Cc1ncc(Cl)s1)c1ccc(Cl)cc12. The highest BCUT2D eigenvalue weighted by Crippen LogP contribution is 2.47. The molecule has 1 atom stereocenters. The number of carbonyl (C=O) groups is 3. The maximum Gasteiger partial charge on any atom is 0.241 e. The highest BCUT2D eigenvalue weighted by Gasteiger charge is 2.49. The molecule has 3 amide bonds. The Morgan fingerprint density at radius 3 is 2.73 bits per heavy atom. The standard InChI is InChI=1S/C20H20Cl2N4O3S/c1-12(27)23-9-19(29)25-5-4-20(10-25)11-26(15-3-2-13(21)6-14(15)20)18(28)7-17-24-8-16(22)30-17/h2-3,6,8H,4-5,7,9-11H2,1H3,(H,23,27). The Balaban J connectivity index is 1.57. The van der Waals surface area contributed by atoms with Crippen molar-refractivity contribution in [1.29, 1.82) is 0 Å². The molecule has 2 aliphatic rings. The molecule has 1 unspecified atom stereocenters. The molecule has 2 aliphatic heterocycles. The summed E-state index contributed by atoms with van der Waals surface area (Å²) in [5.41, 5.74) is 1.43. The molecule has 0 saturated carbocycles. The van der Waals surface area contributed by atoms with E-state index in [2.05, 4.69) is 10.3 Å². The van der Waals surface area contributed by atoms with Gasteiger partial charge in [0.15, 0.2) is 0 Å². The second-order valence-corrected chi connectivity index (χ2v) is 9.81. The van der Waals surface area contributed by atoms with Crippen molar-refractivity contribution in [2.45, 2.75) is 25.2 Å². The number of amides is 3. The maximum absolute atomic E-state index is 13.1. The van der Waals surface area contributed by atoms with Gasteiger partial charge in [-0.2, -0.15) is 0 Å². The fourth-order valence-corrected chi connectivity index (χ4v) is 5.32. The van der Waals surface area contributed by atoms with Crippen molar-refractivity contribution in [3.05, 3.63) is 44.3 Å². The first kappa shape index (κ1) is 21.1. The lowest BCUT2D eigenvalue weighted by atomic mass is 9.81. The van der Waals surface area contributed by atoms with Crippen LogP contribution >= 0.6 is 34.5 Å². The average Bonchev–Trinajstić information content (AvgIpc) is 3.39. The Bertz CT molecular complexity index is 1030. The third-order valence-electron chi connectivity index (χ3n) is 5.61. The largest absolute Gasteiger partial charge is 0.347 e. The summed E-state index contributed by atoms with van der Waals surface area (Å²) in [6, 6.07) is 5.53. The summed E-state index contributed by atoms with van der Waals surface area (Å²) in [5.74, 6) is -0.438. The molecule has 0 radical (unpaired) electrons. The van der Waals surface area contributed by atoms with Crippen LogP contribution in [0.1, 0.15) is 23.9 Å². The molecule has 2 aromatic rings. The van der Waals surface area contributed by atoms with Gasteiger partial charge in [-0.05, 0) is 30.2 Å². The molecule has 1 aromatic heterocycles. The van der Waals surface area contributed by atoms with Gasteiger partial charge in [-0.25, -0.2) is 4.98 Å². The summed E-state index contributed by atoms with van der Waals surface area (Å²) in [6.45, 7) is 2.87. The number of carbonyl (C=O) groups excluding carboxylic acids is 3. The molecular weight excluding hydrogens is 447 g/mol. The van der Waals surface area contributed by atoms with Gasteiger partial charge in [0.1, 0.15) is 9.34 Å². The van der Waals surface area contributed by atoms with Crippen molar-refractivity contribution in [3.8, 4) is 0 Å². The first-order valence-electron chi connectivity index (χ1n) is 9.50. The van der Waals surface area contributed by atoms with E-state index in [-0.39, 0.29) is 36.1 Å². The van der Waals surface area contributed by atoms with Crippen LogP contribution in [-0.4, -0.2) is 53.8 Å². The van der Waals surface area contributed by atoms with Gasteiger partial charge in [0.2, 0.25) is 17.7 Å². The zero-order valence-corrected chi connectivity index (χ0v) is 18.6. The summed E-state index contributed by atoms with van der Waals surface area (Å²) >= 11 is 13.5. The van der Waals surface area contributed by atoms with Crippen molar-refractivity contribution >= 4 is 57.9 Å². The van der Waals surface area contributed by atoms with Crippen LogP contribution in [0.25, 0.3) is 0 Å². The molecular formula is C20H20Cl2N4O3S. The first-order valence-corrected chi connectivity index (χ1v) is 11.1. The predicted octanol–water partition coefficient (Wildman–Crippen LogP) is 2.65. The van der Waals surface area contributed by atoms with Gasteiger partial charge >= 0.3 is 0 Å². The van der Waals surface area contributed by atoms with E-state index in [4.69, 9.17) is 23.2 Å². The van der Waals surface area contributed by atoms with Crippen molar-refractivity contribution in [3.63, 3.8) is 0 Å². The second-order valence-electron chi connectivity index (χ2n) is 7.63. The van der Waals surface area contributed by atoms with Crippen LogP contribution in [0.3, 0.4) is 0 Å². The molecule has 3 heterocycles. The smallest absolute Gasteiger partial charge is 0.241 e. The molecule has 4 rings (SSSR count).